The maximum Gasteiger partial charge on any atom is 0.340 e. The van der Waals surface area contributed by atoms with Crippen LogP contribution >= 0.6 is 11.8 Å². The molecule has 0 amide bonds. The number of carbonyl (C=O) groups is 1. The molecule has 18 heavy (non-hydrogen) atoms. The van der Waals surface area contributed by atoms with Crippen LogP contribution in [0.4, 0.5) is 0 Å². The molecule has 5 nitrogen and oxygen atoms in total. The van der Waals surface area contributed by atoms with Crippen LogP contribution in [0.2, 0.25) is 0 Å². The zero-order valence-corrected chi connectivity index (χ0v) is 11.8. The Labute approximate surface area is 111 Å². The van der Waals surface area contributed by atoms with E-state index in [9.17, 15) is 9.90 Å². The lowest BCUT2D eigenvalue weighted by molar-refractivity contribution is 0.0690. The molecule has 0 fully saturated rings. The summed E-state index contributed by atoms with van der Waals surface area (Å²) in [6.45, 7) is 7.38. The summed E-state index contributed by atoms with van der Waals surface area (Å²) >= 11 is 1.26. The Kier molecular flexibility index (Phi) is 5.10. The quantitative estimate of drug-likeness (QED) is 0.629. The molecule has 0 aliphatic carbocycles. The largest absolute Gasteiger partial charge is 0.478 e. The van der Waals surface area contributed by atoms with E-state index in [0.717, 1.165) is 0 Å². The van der Waals surface area contributed by atoms with Crippen molar-refractivity contribution in [1.29, 1.82) is 0 Å². The fraction of sp³-hybridized carbons (Fsp3) is 0.583. The van der Waals surface area contributed by atoms with E-state index in [-0.39, 0.29) is 23.3 Å². The number of carboxylic acids is 1. The zero-order chi connectivity index (χ0) is 13.9. The molecule has 1 heterocycles. The predicted octanol–water partition coefficient (Wildman–Crippen LogP) is 2.08. The van der Waals surface area contributed by atoms with Crippen molar-refractivity contribution in [2.24, 2.45) is 0 Å². The van der Waals surface area contributed by atoms with Gasteiger partial charge in [0, 0.05) is 11.2 Å². The smallest absolute Gasteiger partial charge is 0.340 e. The standard InChI is InChI=1S/C12H18N2O3S/c1-6(2)10-13-8(4)9(12(16)17)11(14-10)18-7(3)5-15/h6-7,15H,5H2,1-4H3,(H,16,17). The van der Waals surface area contributed by atoms with Gasteiger partial charge in [-0.25, -0.2) is 14.8 Å². The molecule has 0 spiro atoms. The van der Waals surface area contributed by atoms with Crippen molar-refractivity contribution < 1.29 is 15.0 Å². The highest BCUT2D eigenvalue weighted by Gasteiger charge is 2.20. The highest BCUT2D eigenvalue weighted by Crippen LogP contribution is 2.27. The van der Waals surface area contributed by atoms with Crippen molar-refractivity contribution in [3.63, 3.8) is 0 Å². The van der Waals surface area contributed by atoms with Crippen molar-refractivity contribution in [3.05, 3.63) is 17.1 Å². The molecule has 1 unspecified atom stereocenters. The van der Waals surface area contributed by atoms with Gasteiger partial charge in [0.25, 0.3) is 0 Å². The van der Waals surface area contributed by atoms with Crippen LogP contribution in [0.1, 0.15) is 48.6 Å². The fourth-order valence-corrected chi connectivity index (χ4v) is 2.34. The van der Waals surface area contributed by atoms with Crippen LogP contribution in [0.25, 0.3) is 0 Å². The second kappa shape index (κ2) is 6.15. The number of aromatic carboxylic acids is 1. The first kappa shape index (κ1) is 14.9. The third kappa shape index (κ3) is 3.43. The Morgan fingerprint density at radius 2 is 1.94 bits per heavy atom. The topological polar surface area (TPSA) is 83.3 Å². The molecule has 1 aromatic heterocycles. The van der Waals surface area contributed by atoms with Crippen LogP contribution in [-0.4, -0.2) is 38.0 Å². The summed E-state index contributed by atoms with van der Waals surface area (Å²) in [5, 5.41) is 18.6. The molecule has 0 aliphatic heterocycles. The Balaban J connectivity index is 3.28. The molecule has 6 heteroatoms. The number of carboxylic acid groups (broad SMARTS) is 1. The van der Waals surface area contributed by atoms with E-state index in [2.05, 4.69) is 9.97 Å². The average Bonchev–Trinajstić information content (AvgIpc) is 2.27. The summed E-state index contributed by atoms with van der Waals surface area (Å²) in [4.78, 5) is 19.8. The van der Waals surface area contributed by atoms with Crippen molar-refractivity contribution >= 4 is 17.7 Å². The first-order valence-corrected chi connectivity index (χ1v) is 6.64. The second-order valence-electron chi connectivity index (χ2n) is 4.42. The molecule has 0 radical (unpaired) electrons. The van der Waals surface area contributed by atoms with Gasteiger partial charge in [-0.15, -0.1) is 0 Å². The van der Waals surface area contributed by atoms with Gasteiger partial charge in [-0.3, -0.25) is 0 Å². The van der Waals surface area contributed by atoms with Crippen LogP contribution in [0.15, 0.2) is 5.03 Å². The van der Waals surface area contributed by atoms with Crippen LogP contribution in [-0.2, 0) is 0 Å². The van der Waals surface area contributed by atoms with Gasteiger partial charge in [0.2, 0.25) is 0 Å². The molecule has 1 atom stereocenters. The number of aryl methyl sites for hydroxylation is 1. The van der Waals surface area contributed by atoms with E-state index in [0.29, 0.717) is 16.5 Å². The summed E-state index contributed by atoms with van der Waals surface area (Å²) in [5.41, 5.74) is 0.596. The van der Waals surface area contributed by atoms with E-state index >= 15 is 0 Å². The van der Waals surface area contributed by atoms with Crippen molar-refractivity contribution in [2.75, 3.05) is 6.61 Å². The van der Waals surface area contributed by atoms with Crippen LogP contribution < -0.4 is 0 Å². The van der Waals surface area contributed by atoms with Gasteiger partial charge in [0.15, 0.2) is 0 Å². The van der Waals surface area contributed by atoms with Gasteiger partial charge in [-0.2, -0.15) is 0 Å². The minimum atomic E-state index is -1.03. The van der Waals surface area contributed by atoms with E-state index < -0.39 is 5.97 Å². The number of hydrogen-bond acceptors (Lipinski definition) is 5. The number of aromatic nitrogens is 2. The molecule has 1 rings (SSSR count). The first-order chi connectivity index (χ1) is 8.36. The first-order valence-electron chi connectivity index (χ1n) is 5.76. The maximum absolute atomic E-state index is 11.2. The molecule has 0 saturated heterocycles. The Bertz CT molecular complexity index is 449. The van der Waals surface area contributed by atoms with Crippen LogP contribution in [0.5, 0.6) is 0 Å². The van der Waals surface area contributed by atoms with Gasteiger partial charge in [-0.05, 0) is 6.92 Å². The number of nitrogens with zero attached hydrogens (tertiary/aromatic N) is 2. The summed E-state index contributed by atoms with van der Waals surface area (Å²) in [6.07, 6.45) is 0. The number of aliphatic hydroxyl groups is 1. The van der Waals surface area contributed by atoms with E-state index in [1.807, 2.05) is 20.8 Å². The van der Waals surface area contributed by atoms with Crippen LogP contribution in [0.3, 0.4) is 0 Å². The van der Waals surface area contributed by atoms with Crippen molar-refractivity contribution in [1.82, 2.24) is 9.97 Å². The Morgan fingerprint density at radius 1 is 1.33 bits per heavy atom. The number of aliphatic hydroxyl groups excluding tert-OH is 1. The lowest BCUT2D eigenvalue weighted by atomic mass is 10.2. The molecule has 1 aromatic rings. The summed E-state index contributed by atoms with van der Waals surface area (Å²) in [5.74, 6) is -0.268. The predicted molar refractivity (Wildman–Crippen MR) is 70.2 cm³/mol. The molecule has 0 aromatic carbocycles. The highest BCUT2D eigenvalue weighted by atomic mass is 32.2. The minimum absolute atomic E-state index is 0.0240. The average molecular weight is 270 g/mol. The zero-order valence-electron chi connectivity index (χ0n) is 11.0. The lowest BCUT2D eigenvalue weighted by Crippen LogP contribution is -2.13. The normalized spacial score (nSPS) is 12.8. The molecule has 0 bridgehead atoms. The Hall–Kier alpha value is -1.14. The summed E-state index contributed by atoms with van der Waals surface area (Å²) < 4.78 is 0. The van der Waals surface area contributed by atoms with Crippen LogP contribution in [0, 0.1) is 6.92 Å². The summed E-state index contributed by atoms with van der Waals surface area (Å²) in [7, 11) is 0. The lowest BCUT2D eigenvalue weighted by Gasteiger charge is -2.14. The third-order valence-corrected chi connectivity index (χ3v) is 3.44. The number of thioether (sulfide) groups is 1. The molecular formula is C12H18N2O3S. The fourth-order valence-electron chi connectivity index (χ4n) is 1.38. The maximum atomic E-state index is 11.2. The molecule has 100 valence electrons. The van der Waals surface area contributed by atoms with Gasteiger partial charge < -0.3 is 10.2 Å². The highest BCUT2D eigenvalue weighted by molar-refractivity contribution is 7.99. The Morgan fingerprint density at radius 3 is 2.39 bits per heavy atom. The minimum Gasteiger partial charge on any atom is -0.478 e. The van der Waals surface area contributed by atoms with Crippen molar-refractivity contribution in [2.45, 2.75) is 43.9 Å². The molecule has 0 saturated carbocycles. The molecular weight excluding hydrogens is 252 g/mol. The third-order valence-electron chi connectivity index (χ3n) is 2.37. The SMILES string of the molecule is Cc1nc(C(C)C)nc(SC(C)CO)c1C(=O)O. The monoisotopic (exact) mass is 270 g/mol. The van der Waals surface area contributed by atoms with Gasteiger partial charge in [0.1, 0.15) is 16.4 Å². The number of hydrogen-bond donors (Lipinski definition) is 2. The second-order valence-corrected chi connectivity index (χ2v) is 5.85. The number of rotatable bonds is 5. The summed E-state index contributed by atoms with van der Waals surface area (Å²) in [6, 6.07) is 0. The molecule has 0 aliphatic rings. The van der Waals surface area contributed by atoms with E-state index in [4.69, 9.17) is 5.11 Å². The van der Waals surface area contributed by atoms with E-state index in [1.54, 1.807) is 6.92 Å². The van der Waals surface area contributed by atoms with E-state index in [1.165, 1.54) is 11.8 Å². The molecule has 2 N–H and O–H groups in total. The van der Waals surface area contributed by atoms with Gasteiger partial charge in [-0.1, -0.05) is 32.5 Å². The van der Waals surface area contributed by atoms with Gasteiger partial charge in [0.05, 0.1) is 12.3 Å². The van der Waals surface area contributed by atoms with Crippen molar-refractivity contribution in [3.8, 4) is 0 Å². The van der Waals surface area contributed by atoms with Gasteiger partial charge >= 0.3 is 5.97 Å².